The molecule has 1 N–H and O–H groups in total. The first-order chi connectivity index (χ1) is 13.3. The van der Waals surface area contributed by atoms with E-state index in [0.717, 1.165) is 4.47 Å². The van der Waals surface area contributed by atoms with Crippen molar-refractivity contribution in [3.05, 3.63) is 52.6 Å². The van der Waals surface area contributed by atoms with Crippen LogP contribution in [0.5, 0.6) is 0 Å². The second-order valence-electron chi connectivity index (χ2n) is 6.25. The van der Waals surface area contributed by atoms with Crippen molar-refractivity contribution < 1.29 is 18.0 Å². The average Bonchev–Trinajstić information content (AvgIpc) is 2.70. The number of nitrogens with zero attached hydrogens (tertiary/aromatic N) is 3. The Morgan fingerprint density at radius 3 is 2.43 bits per heavy atom. The Morgan fingerprint density at radius 1 is 1.11 bits per heavy atom. The van der Waals surface area contributed by atoms with Crippen molar-refractivity contribution in [3.8, 4) is 0 Å². The van der Waals surface area contributed by atoms with Gasteiger partial charge in [-0.25, -0.2) is 13.4 Å². The number of pyridine rings is 1. The molecule has 3 rings (SSSR count). The Morgan fingerprint density at radius 2 is 1.82 bits per heavy atom. The summed E-state index contributed by atoms with van der Waals surface area (Å²) in [6.45, 7) is 2.61. The van der Waals surface area contributed by atoms with Gasteiger partial charge in [-0.15, -0.1) is 0 Å². The molecule has 0 atom stereocenters. The van der Waals surface area contributed by atoms with Crippen LogP contribution in [0.2, 0.25) is 0 Å². The molecule has 0 unspecified atom stereocenters. The predicted octanol–water partition coefficient (Wildman–Crippen LogP) is 1.95. The average molecular weight is 467 g/mol. The second-order valence-corrected chi connectivity index (χ2v) is 9.11. The molecule has 2 aromatic rings. The van der Waals surface area contributed by atoms with Crippen molar-refractivity contribution in [1.82, 2.24) is 14.2 Å². The highest BCUT2D eigenvalue weighted by Gasteiger charge is 2.29. The van der Waals surface area contributed by atoms with Crippen molar-refractivity contribution >= 4 is 43.6 Å². The maximum absolute atomic E-state index is 12.9. The largest absolute Gasteiger partial charge is 0.340 e. The lowest BCUT2D eigenvalue weighted by molar-refractivity contribution is -0.129. The molecule has 1 aliphatic rings. The van der Waals surface area contributed by atoms with Gasteiger partial charge in [0, 0.05) is 49.3 Å². The molecule has 28 heavy (non-hydrogen) atoms. The van der Waals surface area contributed by atoms with Crippen LogP contribution < -0.4 is 5.32 Å². The van der Waals surface area contributed by atoms with Gasteiger partial charge in [-0.3, -0.25) is 9.59 Å². The number of halogens is 1. The quantitative estimate of drug-likeness (QED) is 0.741. The number of piperazine rings is 1. The van der Waals surface area contributed by atoms with Gasteiger partial charge in [-0.2, -0.15) is 4.31 Å². The fourth-order valence-corrected chi connectivity index (χ4v) is 4.53. The highest BCUT2D eigenvalue weighted by molar-refractivity contribution is 9.10. The Bertz CT molecular complexity index is 987. The first-order valence-corrected chi connectivity index (χ1v) is 10.8. The molecule has 0 radical (unpaired) electrons. The summed E-state index contributed by atoms with van der Waals surface area (Å²) in [5.74, 6) is -0.160. The molecule has 0 bridgehead atoms. The van der Waals surface area contributed by atoms with Crippen LogP contribution in [-0.2, 0) is 14.8 Å². The van der Waals surface area contributed by atoms with Crippen molar-refractivity contribution in [3.63, 3.8) is 0 Å². The number of rotatable bonds is 4. The normalized spacial score (nSPS) is 15.3. The molecule has 1 saturated heterocycles. The summed E-state index contributed by atoms with van der Waals surface area (Å²) >= 11 is 3.27. The summed E-state index contributed by atoms with van der Waals surface area (Å²) < 4.78 is 27.9. The number of hydrogen-bond donors (Lipinski definition) is 1. The minimum atomic E-state index is -3.75. The van der Waals surface area contributed by atoms with Gasteiger partial charge in [-0.1, -0.05) is 6.07 Å². The number of aromatic nitrogens is 1. The molecule has 0 spiro atoms. The van der Waals surface area contributed by atoms with Gasteiger partial charge in [0.05, 0.1) is 4.90 Å². The summed E-state index contributed by atoms with van der Waals surface area (Å²) in [6, 6.07) is 9.26. The van der Waals surface area contributed by atoms with E-state index in [4.69, 9.17) is 0 Å². The molecule has 2 heterocycles. The standard InChI is InChI=1S/C18H19BrN4O4S/c1-13(24)22-7-9-23(10-8-22)28(26,27)16-4-2-3-14(11-16)18(25)21-17-6-5-15(19)12-20-17/h2-6,11-12H,7-10H2,1H3,(H,20,21,25). The van der Waals surface area contributed by atoms with E-state index in [1.807, 2.05) is 0 Å². The van der Waals surface area contributed by atoms with Crippen LogP contribution in [0.25, 0.3) is 0 Å². The Kier molecular flexibility index (Phi) is 6.11. The lowest BCUT2D eigenvalue weighted by atomic mass is 10.2. The first-order valence-electron chi connectivity index (χ1n) is 8.56. The van der Waals surface area contributed by atoms with Gasteiger partial charge < -0.3 is 10.2 Å². The number of hydrogen-bond acceptors (Lipinski definition) is 5. The third kappa shape index (κ3) is 4.57. The van der Waals surface area contributed by atoms with E-state index in [-0.39, 0.29) is 29.5 Å². The SMILES string of the molecule is CC(=O)N1CCN(S(=O)(=O)c2cccc(C(=O)Nc3ccc(Br)cn3)c2)CC1. The topological polar surface area (TPSA) is 99.7 Å². The van der Waals surface area contributed by atoms with Crippen molar-refractivity contribution in [2.24, 2.45) is 0 Å². The summed E-state index contributed by atoms with van der Waals surface area (Å²) in [5.41, 5.74) is 0.216. The Labute approximate surface area is 171 Å². The molecule has 0 saturated carbocycles. The molecule has 1 fully saturated rings. The number of amides is 2. The minimum absolute atomic E-state index is 0.0418. The highest BCUT2D eigenvalue weighted by Crippen LogP contribution is 2.20. The summed E-state index contributed by atoms with van der Waals surface area (Å²) in [4.78, 5) is 29.6. The molecule has 1 aromatic heterocycles. The molecule has 148 valence electrons. The van der Waals surface area contributed by atoms with Crippen LogP contribution in [-0.4, -0.2) is 60.6 Å². The number of benzene rings is 1. The molecule has 0 aliphatic carbocycles. The van der Waals surface area contributed by atoms with E-state index in [1.54, 1.807) is 29.3 Å². The number of nitrogens with one attached hydrogen (secondary N) is 1. The van der Waals surface area contributed by atoms with Crippen LogP contribution in [0.15, 0.2) is 52.0 Å². The second kappa shape index (κ2) is 8.38. The molecule has 1 aromatic carbocycles. The molecular formula is C18H19BrN4O4S. The predicted molar refractivity (Wildman–Crippen MR) is 107 cm³/mol. The summed E-state index contributed by atoms with van der Waals surface area (Å²) in [5, 5.41) is 2.64. The smallest absolute Gasteiger partial charge is 0.256 e. The van der Waals surface area contributed by atoms with Crippen molar-refractivity contribution in [2.45, 2.75) is 11.8 Å². The first kappa shape index (κ1) is 20.4. The number of sulfonamides is 1. The van der Waals surface area contributed by atoms with Gasteiger partial charge in [0.25, 0.3) is 5.91 Å². The molecule has 1 aliphatic heterocycles. The van der Waals surface area contributed by atoms with Crippen LogP contribution >= 0.6 is 15.9 Å². The molecule has 8 nitrogen and oxygen atoms in total. The summed E-state index contributed by atoms with van der Waals surface area (Å²) in [6.07, 6.45) is 1.55. The zero-order chi connectivity index (χ0) is 20.3. The van der Waals surface area contributed by atoms with Crippen molar-refractivity contribution in [2.75, 3.05) is 31.5 Å². The van der Waals surface area contributed by atoms with Crippen LogP contribution in [0.1, 0.15) is 17.3 Å². The van der Waals surface area contributed by atoms with Gasteiger partial charge >= 0.3 is 0 Å². The summed E-state index contributed by atoms with van der Waals surface area (Å²) in [7, 11) is -3.75. The maximum Gasteiger partial charge on any atom is 0.256 e. The van der Waals surface area contributed by atoms with Crippen LogP contribution in [0, 0.1) is 0 Å². The van der Waals surface area contributed by atoms with E-state index in [0.29, 0.717) is 18.9 Å². The Balaban J connectivity index is 1.75. The fraction of sp³-hybridized carbons (Fsp3) is 0.278. The lowest BCUT2D eigenvalue weighted by Crippen LogP contribution is -2.49. The molecular weight excluding hydrogens is 448 g/mol. The third-order valence-corrected chi connectivity index (χ3v) is 6.75. The monoisotopic (exact) mass is 466 g/mol. The minimum Gasteiger partial charge on any atom is -0.340 e. The van der Waals surface area contributed by atoms with E-state index in [1.165, 1.54) is 29.4 Å². The van der Waals surface area contributed by atoms with E-state index >= 15 is 0 Å². The number of anilines is 1. The molecule has 10 heteroatoms. The zero-order valence-electron chi connectivity index (χ0n) is 15.1. The van der Waals surface area contributed by atoms with Crippen LogP contribution in [0.4, 0.5) is 5.82 Å². The fourth-order valence-electron chi connectivity index (χ4n) is 2.83. The van der Waals surface area contributed by atoms with Gasteiger partial charge in [0.1, 0.15) is 5.82 Å². The zero-order valence-corrected chi connectivity index (χ0v) is 17.5. The number of carbonyl (C=O) groups is 2. The van der Waals surface area contributed by atoms with Gasteiger partial charge in [0.2, 0.25) is 15.9 Å². The van der Waals surface area contributed by atoms with E-state index in [9.17, 15) is 18.0 Å². The lowest BCUT2D eigenvalue weighted by Gasteiger charge is -2.33. The number of carbonyl (C=O) groups excluding carboxylic acids is 2. The highest BCUT2D eigenvalue weighted by atomic mass is 79.9. The molecule has 2 amide bonds. The Hall–Kier alpha value is -2.30. The third-order valence-electron chi connectivity index (χ3n) is 4.39. The van der Waals surface area contributed by atoms with Crippen LogP contribution in [0.3, 0.4) is 0 Å². The maximum atomic E-state index is 12.9. The van der Waals surface area contributed by atoms with E-state index < -0.39 is 15.9 Å². The van der Waals surface area contributed by atoms with E-state index in [2.05, 4.69) is 26.2 Å². The van der Waals surface area contributed by atoms with Gasteiger partial charge in [-0.05, 0) is 46.3 Å². The van der Waals surface area contributed by atoms with Crippen molar-refractivity contribution in [1.29, 1.82) is 0 Å². The van der Waals surface area contributed by atoms with Gasteiger partial charge in [0.15, 0.2) is 0 Å².